The Labute approximate surface area is 56.8 Å². The largest absolute Gasteiger partial charge is 0.304 e. The molecule has 0 aromatic heterocycles. The molecule has 0 saturated carbocycles. The van der Waals surface area contributed by atoms with E-state index >= 15 is 0 Å². The highest BCUT2D eigenvalue weighted by atomic mass is 16.6. The monoisotopic (exact) mass is 142 g/mol. The Balaban J connectivity index is 2.76. The molecule has 1 aliphatic heterocycles. The fourth-order valence-corrected chi connectivity index (χ4v) is 0.567. The summed E-state index contributed by atoms with van der Waals surface area (Å²) >= 11 is 0. The minimum Gasteiger partial charge on any atom is -0.290 e. The number of hydrogen-bond donors (Lipinski definition) is 1. The van der Waals surface area contributed by atoms with Gasteiger partial charge in [0.15, 0.2) is 0 Å². The van der Waals surface area contributed by atoms with Crippen LogP contribution in [0, 0.1) is 10.1 Å². The number of nitrogens with zero attached hydrogens (tertiary/aromatic N) is 3. The maximum Gasteiger partial charge on any atom is 0.304 e. The quantitative estimate of drug-likeness (QED) is 0.298. The molecule has 0 fully saturated rings. The number of rotatable bonds is 1. The molecule has 0 unspecified atom stereocenters. The summed E-state index contributed by atoms with van der Waals surface area (Å²) in [6, 6.07) is 0. The molecule has 6 nitrogen and oxygen atoms in total. The molecule has 2 N–H and O–H groups in total. The molecule has 54 valence electrons. The van der Waals surface area contributed by atoms with E-state index in [4.69, 9.17) is 5.84 Å². The van der Waals surface area contributed by atoms with Crippen LogP contribution in [0.4, 0.5) is 0 Å². The number of aliphatic imine (C=N–C) groups is 1. The molecule has 0 radical (unpaired) electrons. The first-order valence-corrected chi connectivity index (χ1v) is 2.57. The molecule has 0 atom stereocenters. The number of hydrazine groups is 1. The minimum atomic E-state index is -0.539. The average molecular weight is 142 g/mol. The lowest BCUT2D eigenvalue weighted by atomic mass is 10.5. The summed E-state index contributed by atoms with van der Waals surface area (Å²) in [7, 11) is 0. The Hall–Kier alpha value is -1.43. The Morgan fingerprint density at radius 1 is 1.90 bits per heavy atom. The van der Waals surface area contributed by atoms with E-state index in [0.29, 0.717) is 0 Å². The van der Waals surface area contributed by atoms with Crippen molar-refractivity contribution in [3.8, 4) is 0 Å². The van der Waals surface area contributed by atoms with Crippen LogP contribution in [-0.4, -0.2) is 22.8 Å². The van der Waals surface area contributed by atoms with Crippen LogP contribution in [0.15, 0.2) is 16.9 Å². The van der Waals surface area contributed by atoms with E-state index in [1.807, 2.05) is 0 Å². The Morgan fingerprint density at radius 3 is 3.00 bits per heavy atom. The highest BCUT2D eigenvalue weighted by molar-refractivity contribution is 5.75. The SMILES string of the molecule is NN1C=C([N+](=O)[O-])C=NC1. The molecule has 1 heterocycles. The van der Waals surface area contributed by atoms with Crippen molar-refractivity contribution in [3.63, 3.8) is 0 Å². The van der Waals surface area contributed by atoms with Crippen molar-refractivity contribution in [2.24, 2.45) is 10.8 Å². The number of hydrogen-bond acceptors (Lipinski definition) is 5. The third kappa shape index (κ3) is 1.29. The molecule has 6 heteroatoms. The van der Waals surface area contributed by atoms with Crippen molar-refractivity contribution in [2.75, 3.05) is 6.67 Å². The van der Waals surface area contributed by atoms with Crippen molar-refractivity contribution < 1.29 is 4.92 Å². The molecule has 0 aromatic rings. The predicted molar refractivity (Wildman–Crippen MR) is 34.5 cm³/mol. The smallest absolute Gasteiger partial charge is 0.290 e. The van der Waals surface area contributed by atoms with E-state index in [2.05, 4.69) is 4.99 Å². The van der Waals surface area contributed by atoms with E-state index in [0.717, 1.165) is 5.01 Å². The van der Waals surface area contributed by atoms with Crippen molar-refractivity contribution in [2.45, 2.75) is 0 Å². The lowest BCUT2D eigenvalue weighted by molar-refractivity contribution is -0.415. The third-order valence-corrected chi connectivity index (χ3v) is 0.977. The summed E-state index contributed by atoms with van der Waals surface area (Å²) in [5.41, 5.74) is -0.0891. The van der Waals surface area contributed by atoms with Gasteiger partial charge in [0.25, 0.3) is 0 Å². The molecule has 0 spiro atoms. The first-order chi connectivity index (χ1) is 4.70. The average Bonchev–Trinajstić information content (AvgIpc) is 1.88. The zero-order chi connectivity index (χ0) is 7.56. The predicted octanol–water partition coefficient (Wildman–Crippen LogP) is -0.678. The zero-order valence-electron chi connectivity index (χ0n) is 5.10. The van der Waals surface area contributed by atoms with Crippen molar-refractivity contribution in [1.82, 2.24) is 5.01 Å². The summed E-state index contributed by atoms with van der Waals surface area (Å²) in [5, 5.41) is 11.2. The highest BCUT2D eigenvalue weighted by Crippen LogP contribution is 1.98. The van der Waals surface area contributed by atoms with E-state index in [9.17, 15) is 10.1 Å². The molecule has 1 aliphatic rings. The lowest BCUT2D eigenvalue weighted by Crippen LogP contribution is -2.29. The van der Waals surface area contributed by atoms with Gasteiger partial charge >= 0.3 is 5.70 Å². The second-order valence-corrected chi connectivity index (χ2v) is 1.78. The summed E-state index contributed by atoms with van der Waals surface area (Å²) in [6.45, 7) is 0.275. The first kappa shape index (κ1) is 6.69. The Morgan fingerprint density at radius 2 is 2.60 bits per heavy atom. The van der Waals surface area contributed by atoms with Crippen LogP contribution in [0.5, 0.6) is 0 Å². The second kappa shape index (κ2) is 2.44. The molecule has 0 bridgehead atoms. The van der Waals surface area contributed by atoms with Crippen LogP contribution in [0.3, 0.4) is 0 Å². The van der Waals surface area contributed by atoms with Gasteiger partial charge in [0.1, 0.15) is 12.9 Å². The Bertz CT molecular complexity index is 209. The molecule has 1 rings (SSSR count). The van der Waals surface area contributed by atoms with E-state index in [1.165, 1.54) is 12.4 Å². The number of nitro groups is 1. The normalized spacial score (nSPS) is 16.9. The van der Waals surface area contributed by atoms with Crippen LogP contribution >= 0.6 is 0 Å². The lowest BCUT2D eigenvalue weighted by Gasteiger charge is -2.11. The minimum absolute atomic E-state index is 0.0891. The van der Waals surface area contributed by atoms with Gasteiger partial charge in [0.2, 0.25) is 0 Å². The fourth-order valence-electron chi connectivity index (χ4n) is 0.567. The van der Waals surface area contributed by atoms with Gasteiger partial charge in [-0.05, 0) is 0 Å². The zero-order valence-corrected chi connectivity index (χ0v) is 5.10. The molecule has 0 aliphatic carbocycles. The van der Waals surface area contributed by atoms with Crippen molar-refractivity contribution >= 4 is 6.21 Å². The van der Waals surface area contributed by atoms with Gasteiger partial charge < -0.3 is 0 Å². The van der Waals surface area contributed by atoms with Gasteiger partial charge in [-0.2, -0.15) is 0 Å². The molecular formula is C4H6N4O2. The summed E-state index contributed by atoms with van der Waals surface area (Å²) in [5.74, 6) is 5.20. The number of allylic oxidation sites excluding steroid dienone is 1. The van der Waals surface area contributed by atoms with Gasteiger partial charge in [-0.3, -0.25) is 20.1 Å². The second-order valence-electron chi connectivity index (χ2n) is 1.78. The van der Waals surface area contributed by atoms with Gasteiger partial charge in [-0.15, -0.1) is 0 Å². The van der Waals surface area contributed by atoms with E-state index in [-0.39, 0.29) is 12.4 Å². The van der Waals surface area contributed by atoms with E-state index < -0.39 is 4.92 Å². The molecule has 10 heavy (non-hydrogen) atoms. The first-order valence-electron chi connectivity index (χ1n) is 2.57. The van der Waals surface area contributed by atoms with Crippen LogP contribution in [0.25, 0.3) is 0 Å². The summed E-state index contributed by atoms with van der Waals surface area (Å²) < 4.78 is 0. The third-order valence-electron chi connectivity index (χ3n) is 0.977. The van der Waals surface area contributed by atoms with Gasteiger partial charge in [0, 0.05) is 0 Å². The molecular weight excluding hydrogens is 136 g/mol. The van der Waals surface area contributed by atoms with E-state index in [1.54, 1.807) is 0 Å². The van der Waals surface area contributed by atoms with Crippen LogP contribution in [0.2, 0.25) is 0 Å². The number of nitrogens with two attached hydrogens (primary N) is 1. The van der Waals surface area contributed by atoms with Gasteiger partial charge in [-0.25, -0.2) is 5.84 Å². The maximum absolute atomic E-state index is 10.1. The Kier molecular flexibility index (Phi) is 1.63. The molecule has 0 saturated heterocycles. The maximum atomic E-state index is 10.1. The highest BCUT2D eigenvalue weighted by Gasteiger charge is 2.11. The van der Waals surface area contributed by atoms with Crippen molar-refractivity contribution in [1.29, 1.82) is 0 Å². The topological polar surface area (TPSA) is 84.8 Å². The molecule has 0 amide bonds. The fraction of sp³-hybridized carbons (Fsp3) is 0.250. The van der Waals surface area contributed by atoms with Crippen LogP contribution < -0.4 is 5.84 Å². The molecule has 0 aromatic carbocycles. The summed E-state index contributed by atoms with van der Waals surface area (Å²) in [6.07, 6.45) is 2.41. The van der Waals surface area contributed by atoms with Gasteiger partial charge in [0.05, 0.1) is 11.1 Å². The standard InChI is InChI=1S/C4H6N4O2/c5-7-2-4(8(9)10)1-6-3-7/h1-2H,3,5H2. The van der Waals surface area contributed by atoms with Crippen LogP contribution in [0.1, 0.15) is 0 Å². The van der Waals surface area contributed by atoms with Crippen molar-refractivity contribution in [3.05, 3.63) is 22.0 Å². The summed E-state index contributed by atoms with van der Waals surface area (Å²) in [4.78, 5) is 13.2. The van der Waals surface area contributed by atoms with Crippen LogP contribution in [-0.2, 0) is 0 Å². The van der Waals surface area contributed by atoms with Gasteiger partial charge in [-0.1, -0.05) is 0 Å².